The molecule has 2 rings (SSSR count). The van der Waals surface area contributed by atoms with Crippen molar-refractivity contribution in [1.82, 2.24) is 5.32 Å². The molecule has 0 amide bonds. The van der Waals surface area contributed by atoms with Gasteiger partial charge in [-0.05, 0) is 43.3 Å². The molecule has 1 fully saturated rings. The van der Waals surface area contributed by atoms with Crippen LogP contribution in [0.5, 0.6) is 0 Å². The summed E-state index contributed by atoms with van der Waals surface area (Å²) in [7, 11) is 0. The van der Waals surface area contributed by atoms with Gasteiger partial charge in [-0.3, -0.25) is 0 Å². The van der Waals surface area contributed by atoms with Gasteiger partial charge < -0.3 is 5.32 Å². The Morgan fingerprint density at radius 3 is 2.54 bits per heavy atom. The van der Waals surface area contributed by atoms with Gasteiger partial charge in [0, 0.05) is 15.7 Å². The van der Waals surface area contributed by atoms with Crippen LogP contribution in [0.15, 0.2) is 29.2 Å². The van der Waals surface area contributed by atoms with E-state index in [1.54, 1.807) is 0 Å². The fraction of sp³-hybridized carbons (Fsp3) is 0.400. The highest BCUT2D eigenvalue weighted by Gasteiger charge is 2.16. The average molecular weight is 214 g/mol. The highest BCUT2D eigenvalue weighted by molar-refractivity contribution is 7.99. The van der Waals surface area contributed by atoms with Crippen LogP contribution in [0.2, 0.25) is 5.02 Å². The third-order valence-electron chi connectivity index (χ3n) is 2.17. The van der Waals surface area contributed by atoms with Gasteiger partial charge in [0.1, 0.15) is 0 Å². The molecule has 0 unspecified atom stereocenters. The molecule has 0 atom stereocenters. The lowest BCUT2D eigenvalue weighted by atomic mass is 10.1. The molecule has 1 aliphatic rings. The summed E-state index contributed by atoms with van der Waals surface area (Å²) in [4.78, 5) is 1.32. The van der Waals surface area contributed by atoms with Gasteiger partial charge >= 0.3 is 0 Å². The first-order valence-electron chi connectivity index (χ1n) is 4.44. The Morgan fingerprint density at radius 2 is 2.00 bits per heavy atom. The molecule has 70 valence electrons. The van der Waals surface area contributed by atoms with Crippen LogP contribution in [-0.2, 0) is 0 Å². The molecule has 0 saturated carbocycles. The summed E-state index contributed by atoms with van der Waals surface area (Å²) in [5.74, 6) is 2.08. The Hall–Kier alpha value is -0.180. The lowest BCUT2D eigenvalue weighted by Gasteiger charge is -2.26. The first-order valence-corrected chi connectivity index (χ1v) is 5.80. The van der Waals surface area contributed by atoms with Gasteiger partial charge in [-0.15, -0.1) is 11.8 Å². The molecule has 1 aromatic rings. The van der Waals surface area contributed by atoms with E-state index in [1.165, 1.54) is 23.7 Å². The molecule has 0 spiro atoms. The van der Waals surface area contributed by atoms with Crippen LogP contribution in [0.3, 0.4) is 0 Å². The van der Waals surface area contributed by atoms with Gasteiger partial charge in [-0.2, -0.15) is 0 Å². The number of nitrogens with one attached hydrogen (secondary N) is 1. The Balaban J connectivity index is 1.83. The molecule has 1 aromatic carbocycles. The zero-order valence-electron chi connectivity index (χ0n) is 7.29. The predicted octanol–water partition coefficient (Wildman–Crippen LogP) is 2.65. The summed E-state index contributed by atoms with van der Waals surface area (Å²) < 4.78 is 0. The summed E-state index contributed by atoms with van der Waals surface area (Å²) in [5.41, 5.74) is 0. The van der Waals surface area contributed by atoms with Crippen molar-refractivity contribution in [2.75, 3.05) is 18.8 Å². The molecule has 1 heterocycles. The Kier molecular flexibility index (Phi) is 3.14. The third-order valence-corrected chi connectivity index (χ3v) is 3.66. The van der Waals surface area contributed by atoms with Crippen molar-refractivity contribution in [2.45, 2.75) is 4.90 Å². The molecular formula is C10H12ClNS. The van der Waals surface area contributed by atoms with Crippen LogP contribution in [0, 0.1) is 5.92 Å². The van der Waals surface area contributed by atoms with Crippen LogP contribution in [0.25, 0.3) is 0 Å². The molecule has 0 bridgehead atoms. The maximum atomic E-state index is 5.79. The third kappa shape index (κ3) is 2.63. The zero-order valence-corrected chi connectivity index (χ0v) is 8.87. The van der Waals surface area contributed by atoms with E-state index < -0.39 is 0 Å². The average Bonchev–Trinajstić information content (AvgIpc) is 2.05. The van der Waals surface area contributed by atoms with E-state index in [2.05, 4.69) is 17.4 Å². The van der Waals surface area contributed by atoms with Gasteiger partial charge in [-0.1, -0.05) is 11.6 Å². The maximum absolute atomic E-state index is 5.79. The Labute approximate surface area is 87.9 Å². The largest absolute Gasteiger partial charge is 0.316 e. The summed E-state index contributed by atoms with van der Waals surface area (Å²) in [5, 5.41) is 4.09. The highest BCUT2D eigenvalue weighted by atomic mass is 35.5. The Morgan fingerprint density at radius 1 is 1.31 bits per heavy atom. The SMILES string of the molecule is Clc1ccc(SCC2CNC2)cc1. The van der Waals surface area contributed by atoms with Crippen molar-refractivity contribution < 1.29 is 0 Å². The van der Waals surface area contributed by atoms with E-state index in [1.807, 2.05) is 23.9 Å². The van der Waals surface area contributed by atoms with Gasteiger partial charge in [0.25, 0.3) is 0 Å². The molecule has 1 N–H and O–H groups in total. The van der Waals surface area contributed by atoms with Crippen molar-refractivity contribution >= 4 is 23.4 Å². The number of halogens is 1. The summed E-state index contributed by atoms with van der Waals surface area (Å²) in [6.45, 7) is 2.36. The first-order chi connectivity index (χ1) is 6.34. The van der Waals surface area contributed by atoms with Crippen LogP contribution in [0.4, 0.5) is 0 Å². The summed E-state index contributed by atoms with van der Waals surface area (Å²) in [6.07, 6.45) is 0. The lowest BCUT2D eigenvalue weighted by molar-refractivity contribution is 0.385. The van der Waals surface area contributed by atoms with E-state index in [-0.39, 0.29) is 0 Å². The van der Waals surface area contributed by atoms with Crippen LogP contribution in [0.1, 0.15) is 0 Å². The zero-order chi connectivity index (χ0) is 9.10. The second-order valence-corrected chi connectivity index (χ2v) is 4.82. The molecule has 0 aromatic heterocycles. The van der Waals surface area contributed by atoms with E-state index in [0.717, 1.165) is 10.9 Å². The minimum Gasteiger partial charge on any atom is -0.316 e. The van der Waals surface area contributed by atoms with E-state index in [9.17, 15) is 0 Å². The lowest BCUT2D eigenvalue weighted by Crippen LogP contribution is -2.43. The number of hydrogen-bond donors (Lipinski definition) is 1. The molecule has 0 radical (unpaired) electrons. The normalized spacial score (nSPS) is 17.0. The standard InChI is InChI=1S/C10H12ClNS/c11-9-1-3-10(4-2-9)13-7-8-5-12-6-8/h1-4,8,12H,5-7H2. The van der Waals surface area contributed by atoms with Crippen molar-refractivity contribution in [1.29, 1.82) is 0 Å². The molecule has 1 saturated heterocycles. The molecule has 13 heavy (non-hydrogen) atoms. The smallest absolute Gasteiger partial charge is 0.0406 e. The van der Waals surface area contributed by atoms with Gasteiger partial charge in [-0.25, -0.2) is 0 Å². The van der Waals surface area contributed by atoms with E-state index in [4.69, 9.17) is 11.6 Å². The topological polar surface area (TPSA) is 12.0 Å². The fourth-order valence-corrected chi connectivity index (χ4v) is 2.33. The predicted molar refractivity (Wildman–Crippen MR) is 58.5 cm³/mol. The van der Waals surface area contributed by atoms with Crippen LogP contribution in [-0.4, -0.2) is 18.8 Å². The second-order valence-electron chi connectivity index (χ2n) is 3.29. The number of thioether (sulfide) groups is 1. The van der Waals surface area contributed by atoms with Gasteiger partial charge in [0.2, 0.25) is 0 Å². The Bertz CT molecular complexity index is 269. The number of rotatable bonds is 3. The summed E-state index contributed by atoms with van der Waals surface area (Å²) >= 11 is 7.71. The molecule has 1 aliphatic heterocycles. The first kappa shape index (κ1) is 9.38. The minimum absolute atomic E-state index is 0.815. The fourth-order valence-electron chi connectivity index (χ4n) is 1.21. The van der Waals surface area contributed by atoms with Gasteiger partial charge in [0.05, 0.1) is 0 Å². The monoisotopic (exact) mass is 213 g/mol. The molecule has 0 aliphatic carbocycles. The van der Waals surface area contributed by atoms with Crippen LogP contribution >= 0.6 is 23.4 Å². The second kappa shape index (κ2) is 4.36. The molecular weight excluding hydrogens is 202 g/mol. The van der Waals surface area contributed by atoms with Crippen LogP contribution < -0.4 is 5.32 Å². The van der Waals surface area contributed by atoms with Gasteiger partial charge in [0.15, 0.2) is 0 Å². The van der Waals surface area contributed by atoms with E-state index in [0.29, 0.717) is 0 Å². The number of benzene rings is 1. The van der Waals surface area contributed by atoms with Crippen molar-refractivity contribution in [2.24, 2.45) is 5.92 Å². The minimum atomic E-state index is 0.815. The number of hydrogen-bond acceptors (Lipinski definition) is 2. The maximum Gasteiger partial charge on any atom is 0.0406 e. The molecule has 3 heteroatoms. The molecule has 1 nitrogen and oxygen atoms in total. The highest BCUT2D eigenvalue weighted by Crippen LogP contribution is 2.23. The summed E-state index contributed by atoms with van der Waals surface area (Å²) in [6, 6.07) is 8.06. The van der Waals surface area contributed by atoms with Crippen molar-refractivity contribution in [3.05, 3.63) is 29.3 Å². The van der Waals surface area contributed by atoms with Crippen molar-refractivity contribution in [3.63, 3.8) is 0 Å². The van der Waals surface area contributed by atoms with Crippen molar-refractivity contribution in [3.8, 4) is 0 Å². The quantitative estimate of drug-likeness (QED) is 0.775. The van der Waals surface area contributed by atoms with E-state index >= 15 is 0 Å².